The van der Waals surface area contributed by atoms with Gasteiger partial charge in [0, 0.05) is 60.1 Å². The van der Waals surface area contributed by atoms with Crippen molar-refractivity contribution in [2.75, 3.05) is 53.4 Å². The number of amides is 2. The number of pyridine rings is 2. The van der Waals surface area contributed by atoms with Crippen LogP contribution in [0.25, 0.3) is 43.6 Å². The number of aromatic nitrogens is 2. The summed E-state index contributed by atoms with van der Waals surface area (Å²) in [6.45, 7) is 3.07. The summed E-state index contributed by atoms with van der Waals surface area (Å²) in [5.74, 6) is -0.931. The highest BCUT2D eigenvalue weighted by molar-refractivity contribution is 6.11. The lowest BCUT2D eigenvalue weighted by atomic mass is 10.0. The second kappa shape index (κ2) is 15.4. The molecule has 0 unspecified atom stereocenters. The number of likely N-dealkylation sites (N-methyl/N-ethyl adjacent to an activating group) is 2. The number of hydrogen-bond acceptors (Lipinski definition) is 10. The van der Waals surface area contributed by atoms with Crippen LogP contribution < -0.4 is 21.5 Å². The lowest BCUT2D eigenvalue weighted by molar-refractivity contribution is -0.383. The number of benzene rings is 4. The maximum absolute atomic E-state index is 13.2. The van der Waals surface area contributed by atoms with Crippen LogP contribution in [0.15, 0.2) is 82.4 Å². The van der Waals surface area contributed by atoms with Crippen molar-refractivity contribution in [2.45, 2.75) is 6.42 Å². The second-order valence-electron chi connectivity index (χ2n) is 12.8. The topological polar surface area (TPSA) is 217 Å². The number of para-hydroxylation sites is 2. The van der Waals surface area contributed by atoms with Gasteiger partial charge < -0.3 is 30.4 Å². The van der Waals surface area contributed by atoms with E-state index in [0.29, 0.717) is 61.1 Å². The minimum absolute atomic E-state index is 0.109. The quantitative estimate of drug-likeness (QED) is 0.0723. The molecule has 272 valence electrons. The molecule has 16 nitrogen and oxygen atoms in total. The molecule has 0 aliphatic rings. The molecule has 0 saturated heterocycles. The van der Waals surface area contributed by atoms with Crippen LogP contribution in [0.3, 0.4) is 0 Å². The summed E-state index contributed by atoms with van der Waals surface area (Å²) in [7, 11) is 3.83. The predicted octanol–water partition coefficient (Wildman–Crippen LogP) is 3.91. The molecule has 6 rings (SSSR count). The number of nitro groups is 2. The van der Waals surface area contributed by atoms with E-state index in [2.05, 4.69) is 20.6 Å². The van der Waals surface area contributed by atoms with Gasteiger partial charge in [0.15, 0.2) is 0 Å². The van der Waals surface area contributed by atoms with Gasteiger partial charge in [0.05, 0.1) is 32.0 Å². The van der Waals surface area contributed by atoms with Crippen LogP contribution in [-0.4, -0.2) is 94.8 Å². The van der Waals surface area contributed by atoms with Crippen molar-refractivity contribution in [1.29, 1.82) is 0 Å². The fourth-order valence-corrected chi connectivity index (χ4v) is 6.45. The molecule has 4 N–H and O–H groups in total. The number of nitrogens with one attached hydrogen (secondary N) is 4. The number of carbonyl (C=O) groups is 2. The molecule has 0 saturated carbocycles. The van der Waals surface area contributed by atoms with E-state index in [1.807, 2.05) is 23.9 Å². The van der Waals surface area contributed by atoms with Crippen molar-refractivity contribution in [1.82, 2.24) is 30.4 Å². The molecule has 16 heteroatoms. The average Bonchev–Trinajstić information content (AvgIpc) is 3.14. The van der Waals surface area contributed by atoms with Crippen LogP contribution in [0.4, 0.5) is 11.4 Å². The predicted molar refractivity (Wildman–Crippen MR) is 202 cm³/mol. The van der Waals surface area contributed by atoms with E-state index < -0.39 is 32.5 Å². The Balaban J connectivity index is 0.989. The Bertz CT molecular complexity index is 2370. The summed E-state index contributed by atoms with van der Waals surface area (Å²) in [4.78, 5) is 85.1. The largest absolute Gasteiger partial charge is 0.353 e. The number of rotatable bonds is 14. The molecular formula is C37H36N8O8. The number of fused-ring (bicyclic) bond motifs is 4. The number of aromatic amines is 2. The van der Waals surface area contributed by atoms with Crippen LogP contribution in [0.5, 0.6) is 0 Å². The number of carbonyl (C=O) groups excluding carboxylic acids is 2. The van der Waals surface area contributed by atoms with Crippen molar-refractivity contribution in [3.05, 3.63) is 125 Å². The molecule has 2 aromatic heterocycles. The lowest BCUT2D eigenvalue weighted by Gasteiger charge is -2.20. The first kappa shape index (κ1) is 36.3. The highest BCUT2D eigenvalue weighted by Gasteiger charge is 2.24. The molecule has 6 aromatic rings. The van der Waals surface area contributed by atoms with Crippen molar-refractivity contribution in [2.24, 2.45) is 0 Å². The van der Waals surface area contributed by atoms with Crippen molar-refractivity contribution in [3.8, 4) is 0 Å². The molecule has 0 atom stereocenters. The van der Waals surface area contributed by atoms with Crippen LogP contribution >= 0.6 is 0 Å². The molecule has 0 fully saturated rings. The van der Waals surface area contributed by atoms with E-state index in [1.165, 1.54) is 24.3 Å². The molecule has 0 aliphatic heterocycles. The van der Waals surface area contributed by atoms with Gasteiger partial charge in [-0.2, -0.15) is 0 Å². The monoisotopic (exact) mass is 720 g/mol. The van der Waals surface area contributed by atoms with Crippen LogP contribution in [0.1, 0.15) is 27.1 Å². The number of nitrogens with zero attached hydrogens (tertiary/aromatic N) is 4. The Kier molecular flexibility index (Phi) is 10.5. The Morgan fingerprint density at radius 1 is 0.623 bits per heavy atom. The van der Waals surface area contributed by atoms with E-state index in [4.69, 9.17) is 0 Å². The van der Waals surface area contributed by atoms with Crippen LogP contribution in [-0.2, 0) is 0 Å². The first-order valence-electron chi connectivity index (χ1n) is 16.8. The van der Waals surface area contributed by atoms with Gasteiger partial charge in [0.2, 0.25) is 10.9 Å². The van der Waals surface area contributed by atoms with Crippen LogP contribution in [0, 0.1) is 20.2 Å². The van der Waals surface area contributed by atoms with Gasteiger partial charge in [-0.05, 0) is 70.0 Å². The zero-order valence-electron chi connectivity index (χ0n) is 28.9. The Labute approximate surface area is 300 Å². The summed E-state index contributed by atoms with van der Waals surface area (Å²) in [5, 5.41) is 29.4. The molecule has 0 spiro atoms. The van der Waals surface area contributed by atoms with E-state index in [1.54, 1.807) is 48.5 Å². The summed E-state index contributed by atoms with van der Waals surface area (Å²) >= 11 is 0. The maximum Gasteiger partial charge on any atom is 0.282 e. The van der Waals surface area contributed by atoms with E-state index in [-0.39, 0.29) is 44.3 Å². The first-order chi connectivity index (χ1) is 25.5. The summed E-state index contributed by atoms with van der Waals surface area (Å²) in [5.41, 5.74) is -0.371. The SMILES string of the molecule is CN(CCCN(C)CCNC(=O)c1ccc([N+](=O)[O-])c2c(=O)c3ccccc3[nH]c12)CCNC(=O)c1ccc([N+](=O)[O-])c2c(=O)c3ccccc3[nH]c12. The summed E-state index contributed by atoms with van der Waals surface area (Å²) in [6.07, 6.45) is 0.789. The van der Waals surface area contributed by atoms with Gasteiger partial charge in [0.25, 0.3) is 23.2 Å². The van der Waals surface area contributed by atoms with Crippen molar-refractivity contribution >= 4 is 66.8 Å². The van der Waals surface area contributed by atoms with Crippen molar-refractivity contribution < 1.29 is 19.4 Å². The van der Waals surface area contributed by atoms with Gasteiger partial charge in [-0.1, -0.05) is 24.3 Å². The first-order valence-corrected chi connectivity index (χ1v) is 16.8. The van der Waals surface area contributed by atoms with Gasteiger partial charge in [-0.3, -0.25) is 39.4 Å². The average molecular weight is 721 g/mol. The smallest absolute Gasteiger partial charge is 0.282 e. The molecule has 4 aromatic carbocycles. The third-order valence-electron chi connectivity index (χ3n) is 9.20. The third kappa shape index (κ3) is 7.44. The molecule has 0 aliphatic carbocycles. The van der Waals surface area contributed by atoms with Crippen LogP contribution in [0.2, 0.25) is 0 Å². The molecule has 53 heavy (non-hydrogen) atoms. The Morgan fingerprint density at radius 2 is 1.02 bits per heavy atom. The van der Waals surface area contributed by atoms with E-state index in [0.717, 1.165) is 6.42 Å². The van der Waals surface area contributed by atoms with Gasteiger partial charge in [-0.15, -0.1) is 0 Å². The summed E-state index contributed by atoms with van der Waals surface area (Å²) < 4.78 is 0. The maximum atomic E-state index is 13.2. The minimum Gasteiger partial charge on any atom is -0.353 e. The van der Waals surface area contributed by atoms with Gasteiger partial charge in [0.1, 0.15) is 10.8 Å². The normalized spacial score (nSPS) is 11.5. The molecule has 0 bridgehead atoms. The van der Waals surface area contributed by atoms with Crippen molar-refractivity contribution in [3.63, 3.8) is 0 Å². The second-order valence-corrected chi connectivity index (χ2v) is 12.8. The molecule has 2 heterocycles. The van der Waals surface area contributed by atoms with Gasteiger partial charge in [-0.25, -0.2) is 0 Å². The Hall–Kier alpha value is -6.52. The fraction of sp³-hybridized carbons (Fsp3) is 0.243. The Morgan fingerprint density at radius 3 is 1.42 bits per heavy atom. The number of nitro benzene ring substituents is 2. The highest BCUT2D eigenvalue weighted by atomic mass is 16.6. The molecule has 0 radical (unpaired) electrons. The van der Waals surface area contributed by atoms with E-state index in [9.17, 15) is 39.4 Å². The standard InChI is InChI=1S/C37H36N8O8/c1-42(20-16-38-36(48)24-12-14-28(44(50)51)30-32(24)40-26-10-5-3-8-22(26)34(30)46)18-7-19-43(2)21-17-39-37(49)25-13-15-29(45(52)53)31-33(25)41-27-11-6-4-9-23(27)35(31)47/h3-6,8-15H,7,16-21H2,1-2H3,(H,38,48)(H,39,49)(H,40,46)(H,41,47). The molecule has 2 amide bonds. The van der Waals surface area contributed by atoms with E-state index >= 15 is 0 Å². The molecular weight excluding hydrogens is 684 g/mol. The number of H-pyrrole nitrogens is 2. The fourth-order valence-electron chi connectivity index (χ4n) is 6.45. The third-order valence-corrected chi connectivity index (χ3v) is 9.20. The highest BCUT2D eigenvalue weighted by Crippen LogP contribution is 2.28. The number of hydrogen-bond donors (Lipinski definition) is 4. The summed E-state index contributed by atoms with van der Waals surface area (Å²) in [6, 6.07) is 18.3. The minimum atomic E-state index is -0.634. The zero-order chi connectivity index (χ0) is 37.8. The van der Waals surface area contributed by atoms with Gasteiger partial charge >= 0.3 is 0 Å². The zero-order valence-corrected chi connectivity index (χ0v) is 28.9. The number of non-ortho nitro benzene ring substituents is 2. The lowest BCUT2D eigenvalue weighted by Crippen LogP contribution is -2.36.